The molecule has 1 aliphatic carbocycles. The monoisotopic (exact) mass is 533 g/mol. The van der Waals surface area contributed by atoms with Crippen LogP contribution in [0, 0.1) is 17.7 Å². The normalized spacial score (nSPS) is 15.7. The van der Waals surface area contributed by atoms with Crippen molar-refractivity contribution in [3.63, 3.8) is 0 Å². The second-order valence-corrected chi connectivity index (χ2v) is 9.48. The molecule has 0 bridgehead atoms. The van der Waals surface area contributed by atoms with E-state index in [1.165, 1.54) is 36.4 Å². The number of carbonyl (C=O) groups is 2. The minimum atomic E-state index is -4.82. The summed E-state index contributed by atoms with van der Waals surface area (Å²) in [7, 11) is 0. The average Bonchev–Trinajstić information content (AvgIpc) is 3.40. The van der Waals surface area contributed by atoms with Gasteiger partial charge in [0.2, 0.25) is 0 Å². The molecule has 10 heteroatoms. The molecule has 2 unspecified atom stereocenters. The zero-order chi connectivity index (χ0) is 27.4. The van der Waals surface area contributed by atoms with E-state index < -0.39 is 35.8 Å². The van der Waals surface area contributed by atoms with Crippen LogP contribution in [-0.4, -0.2) is 29.4 Å². The number of hydrogen-bond donors (Lipinski definition) is 2. The SMILES string of the molecule is CC(C1CCCC1)C(NC(=O)c1ccc2ccc(F)cc2c1OCc1ccc(OC(F)(F)F)cc1)C(=O)O. The zero-order valence-corrected chi connectivity index (χ0v) is 20.6. The number of rotatable bonds is 9. The van der Waals surface area contributed by atoms with Crippen LogP contribution in [0.5, 0.6) is 11.5 Å². The Labute approximate surface area is 216 Å². The first-order chi connectivity index (χ1) is 18.0. The Morgan fingerprint density at radius 2 is 1.71 bits per heavy atom. The molecule has 0 spiro atoms. The highest BCUT2D eigenvalue weighted by atomic mass is 19.4. The maximum atomic E-state index is 14.1. The van der Waals surface area contributed by atoms with Gasteiger partial charge in [-0.05, 0) is 53.1 Å². The molecular weight excluding hydrogens is 506 g/mol. The van der Waals surface area contributed by atoms with Crippen molar-refractivity contribution in [2.24, 2.45) is 11.8 Å². The number of benzene rings is 3. The Morgan fingerprint density at radius 3 is 2.34 bits per heavy atom. The second-order valence-electron chi connectivity index (χ2n) is 9.48. The molecule has 1 fully saturated rings. The highest BCUT2D eigenvalue weighted by Crippen LogP contribution is 2.35. The molecule has 0 aliphatic heterocycles. The number of fused-ring (bicyclic) bond motifs is 1. The summed E-state index contributed by atoms with van der Waals surface area (Å²) in [5.74, 6) is -2.87. The summed E-state index contributed by atoms with van der Waals surface area (Å²) < 4.78 is 61.2. The van der Waals surface area contributed by atoms with Crippen molar-refractivity contribution in [2.75, 3.05) is 0 Å². The zero-order valence-electron chi connectivity index (χ0n) is 20.6. The molecule has 4 rings (SSSR count). The van der Waals surface area contributed by atoms with Gasteiger partial charge < -0.3 is 19.9 Å². The van der Waals surface area contributed by atoms with Crippen LogP contribution in [0.15, 0.2) is 54.6 Å². The standard InChI is InChI=1S/C28H27F4NO5/c1-16(18-4-2-3-5-18)24(27(35)36)33-26(34)22-13-9-19-8-10-20(29)14-23(19)25(22)37-15-17-6-11-21(12-7-17)38-28(30,31)32/h6-14,16,18,24H,2-5,15H2,1H3,(H,33,34)(H,35,36). The molecule has 1 aliphatic rings. The van der Waals surface area contributed by atoms with Crippen LogP contribution in [0.25, 0.3) is 10.8 Å². The van der Waals surface area contributed by atoms with Crippen LogP contribution in [0.4, 0.5) is 17.6 Å². The van der Waals surface area contributed by atoms with E-state index in [1.54, 1.807) is 6.07 Å². The number of nitrogens with one attached hydrogen (secondary N) is 1. The molecule has 0 radical (unpaired) electrons. The minimum absolute atomic E-state index is 0.0185. The maximum Gasteiger partial charge on any atom is 0.573 e. The maximum absolute atomic E-state index is 14.1. The first-order valence-electron chi connectivity index (χ1n) is 12.3. The fourth-order valence-corrected chi connectivity index (χ4v) is 4.93. The van der Waals surface area contributed by atoms with Gasteiger partial charge in [-0.25, -0.2) is 9.18 Å². The summed E-state index contributed by atoms with van der Waals surface area (Å²) >= 11 is 0. The van der Waals surface area contributed by atoms with Gasteiger partial charge in [-0.1, -0.05) is 56.9 Å². The molecule has 0 heterocycles. The third-order valence-corrected chi connectivity index (χ3v) is 6.94. The highest BCUT2D eigenvalue weighted by Gasteiger charge is 2.34. The van der Waals surface area contributed by atoms with Crippen molar-refractivity contribution < 1.29 is 41.7 Å². The molecule has 202 valence electrons. The lowest BCUT2D eigenvalue weighted by atomic mass is 9.86. The molecule has 1 saturated carbocycles. The average molecular weight is 534 g/mol. The van der Waals surface area contributed by atoms with Crippen LogP contribution in [0.3, 0.4) is 0 Å². The van der Waals surface area contributed by atoms with Gasteiger partial charge in [0.15, 0.2) is 0 Å². The summed E-state index contributed by atoms with van der Waals surface area (Å²) in [4.78, 5) is 25.4. The number of carboxylic acid groups (broad SMARTS) is 1. The summed E-state index contributed by atoms with van der Waals surface area (Å²) in [6.07, 6.45) is -0.982. The number of alkyl halides is 3. The minimum Gasteiger partial charge on any atom is -0.487 e. The Balaban J connectivity index is 1.60. The molecule has 0 saturated heterocycles. The van der Waals surface area contributed by atoms with E-state index >= 15 is 0 Å². The van der Waals surface area contributed by atoms with Crippen LogP contribution >= 0.6 is 0 Å². The molecule has 0 aromatic heterocycles. The Kier molecular flexibility index (Phi) is 8.08. The third-order valence-electron chi connectivity index (χ3n) is 6.94. The van der Waals surface area contributed by atoms with E-state index in [4.69, 9.17) is 4.74 Å². The number of aliphatic carboxylic acids is 1. The van der Waals surface area contributed by atoms with E-state index in [-0.39, 0.29) is 29.8 Å². The first-order valence-corrected chi connectivity index (χ1v) is 12.3. The lowest BCUT2D eigenvalue weighted by molar-refractivity contribution is -0.274. The van der Waals surface area contributed by atoms with Crippen LogP contribution in [-0.2, 0) is 11.4 Å². The molecule has 3 aromatic carbocycles. The highest BCUT2D eigenvalue weighted by molar-refractivity contribution is 6.05. The van der Waals surface area contributed by atoms with Gasteiger partial charge >= 0.3 is 12.3 Å². The first kappa shape index (κ1) is 27.2. The third kappa shape index (κ3) is 6.54. The molecule has 6 nitrogen and oxygen atoms in total. The molecule has 38 heavy (non-hydrogen) atoms. The van der Waals surface area contributed by atoms with E-state index in [0.717, 1.165) is 37.8 Å². The van der Waals surface area contributed by atoms with Gasteiger partial charge in [-0.2, -0.15) is 0 Å². The quantitative estimate of drug-likeness (QED) is 0.308. The number of carboxylic acids is 1. The Hall–Kier alpha value is -3.82. The van der Waals surface area contributed by atoms with Crippen molar-refractivity contribution in [3.05, 3.63) is 71.5 Å². The largest absolute Gasteiger partial charge is 0.573 e. The summed E-state index contributed by atoms with van der Waals surface area (Å²) in [6, 6.07) is 10.9. The van der Waals surface area contributed by atoms with Gasteiger partial charge in [0.05, 0.1) is 5.56 Å². The fourth-order valence-electron chi connectivity index (χ4n) is 4.93. The molecule has 1 amide bonds. The van der Waals surface area contributed by atoms with Crippen molar-refractivity contribution in [2.45, 2.75) is 51.6 Å². The van der Waals surface area contributed by atoms with Gasteiger partial charge in [0, 0.05) is 5.39 Å². The van der Waals surface area contributed by atoms with Gasteiger partial charge in [0.1, 0.15) is 30.0 Å². The van der Waals surface area contributed by atoms with Crippen LogP contribution in [0.1, 0.15) is 48.5 Å². The van der Waals surface area contributed by atoms with E-state index in [0.29, 0.717) is 16.3 Å². The van der Waals surface area contributed by atoms with Crippen molar-refractivity contribution in [1.82, 2.24) is 5.32 Å². The lowest BCUT2D eigenvalue weighted by Gasteiger charge is -2.26. The summed E-state index contributed by atoms with van der Waals surface area (Å²) in [5.41, 5.74) is 0.488. The van der Waals surface area contributed by atoms with E-state index in [9.17, 15) is 32.3 Å². The topological polar surface area (TPSA) is 84.9 Å². The lowest BCUT2D eigenvalue weighted by Crippen LogP contribution is -2.47. The van der Waals surface area contributed by atoms with Crippen molar-refractivity contribution in [1.29, 1.82) is 0 Å². The van der Waals surface area contributed by atoms with Crippen LogP contribution in [0.2, 0.25) is 0 Å². The summed E-state index contributed by atoms with van der Waals surface area (Å²) in [6.45, 7) is 1.66. The number of amides is 1. The predicted molar refractivity (Wildman–Crippen MR) is 131 cm³/mol. The fraction of sp³-hybridized carbons (Fsp3) is 0.357. The van der Waals surface area contributed by atoms with Gasteiger partial charge in [-0.3, -0.25) is 4.79 Å². The number of ether oxygens (including phenoxy) is 2. The molecule has 2 atom stereocenters. The van der Waals surface area contributed by atoms with E-state index in [1.807, 2.05) is 6.92 Å². The molecular formula is C28H27F4NO5. The molecule has 2 N–H and O–H groups in total. The number of carbonyl (C=O) groups excluding carboxylic acids is 1. The number of halogens is 4. The van der Waals surface area contributed by atoms with Crippen molar-refractivity contribution in [3.8, 4) is 11.5 Å². The second kappa shape index (κ2) is 11.3. The van der Waals surface area contributed by atoms with Gasteiger partial charge in [0.25, 0.3) is 5.91 Å². The van der Waals surface area contributed by atoms with Gasteiger partial charge in [-0.15, -0.1) is 13.2 Å². The predicted octanol–water partition coefficient (Wildman–Crippen LogP) is 6.47. The Morgan fingerprint density at radius 1 is 1.05 bits per heavy atom. The Bertz CT molecular complexity index is 1300. The van der Waals surface area contributed by atoms with Crippen LogP contribution < -0.4 is 14.8 Å². The number of hydrogen-bond acceptors (Lipinski definition) is 4. The van der Waals surface area contributed by atoms with Crippen molar-refractivity contribution >= 4 is 22.6 Å². The smallest absolute Gasteiger partial charge is 0.487 e. The van der Waals surface area contributed by atoms with E-state index in [2.05, 4.69) is 10.1 Å². The summed E-state index contributed by atoms with van der Waals surface area (Å²) in [5, 5.41) is 13.3. The molecule has 3 aromatic rings.